The summed E-state index contributed by atoms with van der Waals surface area (Å²) in [7, 11) is -3.82. The fraction of sp³-hybridized carbons (Fsp3) is 0.438. The third-order valence-electron chi connectivity index (χ3n) is 3.14. The van der Waals surface area contributed by atoms with Crippen LogP contribution in [0.3, 0.4) is 0 Å². The van der Waals surface area contributed by atoms with Gasteiger partial charge in [0.2, 0.25) is 5.09 Å². The molecule has 0 saturated carbocycles. The molecule has 0 aliphatic rings. The van der Waals surface area contributed by atoms with Gasteiger partial charge >= 0.3 is 0 Å². The van der Waals surface area contributed by atoms with Crippen molar-refractivity contribution in [2.45, 2.75) is 44.9 Å². The van der Waals surface area contributed by atoms with Crippen LogP contribution in [0.25, 0.3) is 0 Å². The van der Waals surface area contributed by atoms with Crippen LogP contribution in [0.15, 0.2) is 33.8 Å². The SMILES string of the molecule is CCN(Cc1ccc(Cl)s1)C(=O)c1ccc(S(=O)(=O)NC(C)(C)C)o1. The van der Waals surface area contributed by atoms with Crippen LogP contribution in [-0.4, -0.2) is 31.3 Å². The average molecular weight is 405 g/mol. The first-order valence-electron chi connectivity index (χ1n) is 7.69. The number of nitrogens with zero attached hydrogens (tertiary/aromatic N) is 1. The van der Waals surface area contributed by atoms with Crippen molar-refractivity contribution in [1.29, 1.82) is 0 Å². The number of thiophene rings is 1. The zero-order valence-electron chi connectivity index (χ0n) is 14.5. The van der Waals surface area contributed by atoms with Crippen molar-refractivity contribution < 1.29 is 17.6 Å². The number of carbonyl (C=O) groups is 1. The molecule has 0 bridgehead atoms. The number of hydrogen-bond acceptors (Lipinski definition) is 5. The summed E-state index contributed by atoms with van der Waals surface area (Å²) in [5.41, 5.74) is -0.649. The minimum atomic E-state index is -3.82. The number of rotatable bonds is 6. The molecule has 2 aromatic heterocycles. The Kier molecular flexibility index (Phi) is 5.98. The maximum atomic E-state index is 12.6. The molecule has 2 rings (SSSR count). The van der Waals surface area contributed by atoms with E-state index in [-0.39, 0.29) is 16.8 Å². The second-order valence-electron chi connectivity index (χ2n) is 6.50. The molecule has 1 N–H and O–H groups in total. The lowest BCUT2D eigenvalue weighted by Gasteiger charge is -2.19. The molecule has 0 spiro atoms. The summed E-state index contributed by atoms with van der Waals surface area (Å²) in [5.74, 6) is -0.386. The maximum Gasteiger partial charge on any atom is 0.289 e. The minimum Gasteiger partial charge on any atom is -0.438 e. The monoisotopic (exact) mass is 404 g/mol. The first kappa shape index (κ1) is 20.0. The van der Waals surface area contributed by atoms with Crippen LogP contribution in [0.2, 0.25) is 4.34 Å². The first-order chi connectivity index (χ1) is 11.5. The standard InChI is InChI=1S/C16H21ClN2O4S2/c1-5-19(10-11-6-8-13(17)24-11)15(20)12-7-9-14(23-12)25(21,22)18-16(2,3)4/h6-9,18H,5,10H2,1-4H3. The van der Waals surface area contributed by atoms with Crippen molar-refractivity contribution in [3.05, 3.63) is 39.2 Å². The van der Waals surface area contributed by atoms with E-state index < -0.39 is 15.6 Å². The molecule has 138 valence electrons. The molecule has 0 fully saturated rings. The summed E-state index contributed by atoms with van der Waals surface area (Å²) < 4.78 is 33.0. The number of nitrogens with one attached hydrogen (secondary N) is 1. The van der Waals surface area contributed by atoms with Crippen LogP contribution in [0, 0.1) is 0 Å². The van der Waals surface area contributed by atoms with Crippen molar-refractivity contribution in [3.8, 4) is 0 Å². The normalized spacial score (nSPS) is 12.4. The van der Waals surface area contributed by atoms with Gasteiger partial charge in [0.1, 0.15) is 0 Å². The van der Waals surface area contributed by atoms with Gasteiger partial charge in [0, 0.05) is 17.0 Å². The van der Waals surface area contributed by atoms with Gasteiger partial charge in [0.05, 0.1) is 10.9 Å². The van der Waals surface area contributed by atoms with Gasteiger partial charge in [-0.3, -0.25) is 4.79 Å². The smallest absolute Gasteiger partial charge is 0.289 e. The molecule has 0 aliphatic heterocycles. The van der Waals surface area contributed by atoms with E-state index >= 15 is 0 Å². The second-order valence-corrected chi connectivity index (χ2v) is 9.91. The largest absolute Gasteiger partial charge is 0.438 e. The van der Waals surface area contributed by atoms with Gasteiger partial charge in [0.25, 0.3) is 15.9 Å². The number of amides is 1. The van der Waals surface area contributed by atoms with Gasteiger partial charge in [-0.15, -0.1) is 11.3 Å². The Morgan fingerprint density at radius 3 is 2.48 bits per heavy atom. The Morgan fingerprint density at radius 2 is 1.96 bits per heavy atom. The molecular weight excluding hydrogens is 384 g/mol. The molecule has 25 heavy (non-hydrogen) atoms. The van der Waals surface area contributed by atoms with Crippen LogP contribution in [0.4, 0.5) is 0 Å². The summed E-state index contributed by atoms with van der Waals surface area (Å²) in [4.78, 5) is 15.1. The van der Waals surface area contributed by atoms with Crippen LogP contribution in [-0.2, 0) is 16.6 Å². The summed E-state index contributed by atoms with van der Waals surface area (Å²) in [5, 5.41) is -0.277. The number of furan rings is 1. The van der Waals surface area contributed by atoms with Gasteiger partial charge in [0.15, 0.2) is 5.76 Å². The summed E-state index contributed by atoms with van der Waals surface area (Å²) in [6, 6.07) is 6.30. The van der Waals surface area contributed by atoms with Crippen LogP contribution >= 0.6 is 22.9 Å². The Bertz CT molecular complexity index is 850. The second kappa shape index (κ2) is 7.49. The molecule has 0 unspecified atom stereocenters. The van der Waals surface area contributed by atoms with Crippen LogP contribution in [0.1, 0.15) is 43.1 Å². The maximum absolute atomic E-state index is 12.6. The molecule has 9 heteroatoms. The summed E-state index contributed by atoms with van der Waals surface area (Å²) in [6.45, 7) is 7.86. The van der Waals surface area contributed by atoms with Gasteiger partial charge in [-0.25, -0.2) is 13.1 Å². The molecule has 0 atom stereocenters. The lowest BCUT2D eigenvalue weighted by molar-refractivity contribution is 0.0716. The third-order valence-corrected chi connectivity index (χ3v) is 5.99. The number of carbonyl (C=O) groups excluding carboxylic acids is 1. The fourth-order valence-electron chi connectivity index (χ4n) is 2.14. The number of sulfonamides is 1. The van der Waals surface area contributed by atoms with Crippen molar-refractivity contribution in [2.24, 2.45) is 0 Å². The number of hydrogen-bond donors (Lipinski definition) is 1. The average Bonchev–Trinajstić information content (AvgIpc) is 3.11. The van der Waals surface area contributed by atoms with E-state index in [0.29, 0.717) is 17.4 Å². The zero-order chi connectivity index (χ0) is 18.8. The Morgan fingerprint density at radius 1 is 1.28 bits per heavy atom. The molecule has 0 radical (unpaired) electrons. The predicted octanol–water partition coefficient (Wildman–Crippen LogP) is 3.73. The van der Waals surface area contributed by atoms with Crippen molar-refractivity contribution in [1.82, 2.24) is 9.62 Å². The highest BCUT2D eigenvalue weighted by molar-refractivity contribution is 7.89. The highest BCUT2D eigenvalue weighted by Crippen LogP contribution is 2.24. The Balaban J connectivity index is 2.18. The molecule has 2 heterocycles. The predicted molar refractivity (Wildman–Crippen MR) is 98.5 cm³/mol. The molecule has 2 aromatic rings. The summed E-state index contributed by atoms with van der Waals surface area (Å²) in [6.07, 6.45) is 0. The van der Waals surface area contributed by atoms with E-state index in [0.717, 1.165) is 4.88 Å². The highest BCUT2D eigenvalue weighted by Gasteiger charge is 2.27. The molecule has 0 saturated heterocycles. The minimum absolute atomic E-state index is 0.0150. The van der Waals surface area contributed by atoms with E-state index in [9.17, 15) is 13.2 Å². The fourth-order valence-corrected chi connectivity index (χ4v) is 4.60. The third kappa shape index (κ3) is 5.31. The molecule has 0 aromatic carbocycles. The van der Waals surface area contributed by atoms with Crippen molar-refractivity contribution >= 4 is 38.9 Å². The highest BCUT2D eigenvalue weighted by atomic mass is 35.5. The van der Waals surface area contributed by atoms with Gasteiger partial charge in [-0.05, 0) is 52.0 Å². The van der Waals surface area contributed by atoms with E-state index in [4.69, 9.17) is 16.0 Å². The molecule has 6 nitrogen and oxygen atoms in total. The van der Waals surface area contributed by atoms with E-state index in [1.54, 1.807) is 31.7 Å². The molecule has 0 aliphatic carbocycles. The molecular formula is C16H21ClN2O4S2. The number of halogens is 1. The lowest BCUT2D eigenvalue weighted by atomic mass is 10.1. The van der Waals surface area contributed by atoms with Crippen molar-refractivity contribution in [2.75, 3.05) is 6.54 Å². The van der Waals surface area contributed by atoms with E-state index in [1.807, 2.05) is 13.0 Å². The summed E-state index contributed by atoms with van der Waals surface area (Å²) >= 11 is 7.31. The van der Waals surface area contributed by atoms with Gasteiger partial charge < -0.3 is 9.32 Å². The van der Waals surface area contributed by atoms with Crippen LogP contribution < -0.4 is 4.72 Å². The van der Waals surface area contributed by atoms with E-state index in [2.05, 4.69) is 4.72 Å². The topological polar surface area (TPSA) is 79.6 Å². The lowest BCUT2D eigenvalue weighted by Crippen LogP contribution is -2.40. The van der Waals surface area contributed by atoms with Crippen LogP contribution in [0.5, 0.6) is 0 Å². The Labute approximate surface area is 156 Å². The van der Waals surface area contributed by atoms with Gasteiger partial charge in [-0.1, -0.05) is 11.6 Å². The van der Waals surface area contributed by atoms with Gasteiger partial charge in [-0.2, -0.15) is 0 Å². The quantitative estimate of drug-likeness (QED) is 0.795. The first-order valence-corrected chi connectivity index (χ1v) is 10.4. The molecule has 1 amide bonds. The van der Waals surface area contributed by atoms with E-state index in [1.165, 1.54) is 23.5 Å². The van der Waals surface area contributed by atoms with Crippen molar-refractivity contribution in [3.63, 3.8) is 0 Å². The Hall–Kier alpha value is -1.35. The zero-order valence-corrected chi connectivity index (χ0v) is 16.9.